The second-order valence-corrected chi connectivity index (χ2v) is 12.2. The molecule has 4 N–H and O–H groups in total. The van der Waals surface area contributed by atoms with Crippen LogP contribution in [0, 0.1) is 22.7 Å². The first-order valence-electron chi connectivity index (χ1n) is 14.4. The molecule has 0 saturated heterocycles. The van der Waals surface area contributed by atoms with Crippen LogP contribution in [0.25, 0.3) is 0 Å². The van der Waals surface area contributed by atoms with Crippen molar-refractivity contribution in [3.8, 4) is 5.75 Å². The molecule has 8 heteroatoms. The minimum absolute atomic E-state index is 0.0108. The number of methoxy groups -OCH3 is 1. The molecule has 3 aliphatic carbocycles. The quantitative estimate of drug-likeness (QED) is 0.398. The second kappa shape index (κ2) is 12.2. The van der Waals surface area contributed by atoms with Crippen molar-refractivity contribution in [2.75, 3.05) is 13.7 Å². The summed E-state index contributed by atoms with van der Waals surface area (Å²) in [5.74, 6) is 0.373. The molecule has 3 fully saturated rings. The van der Waals surface area contributed by atoms with Gasteiger partial charge >= 0.3 is 6.09 Å². The van der Waals surface area contributed by atoms with Gasteiger partial charge in [-0.1, -0.05) is 51.3 Å². The lowest BCUT2D eigenvalue weighted by Gasteiger charge is -2.60. The lowest BCUT2D eigenvalue weighted by molar-refractivity contribution is -0.186. The number of carbonyl (C=O) groups excluding carboxylic acids is 2. The molecule has 4 rings (SSSR count). The Balaban J connectivity index is 1.42. The van der Waals surface area contributed by atoms with Crippen LogP contribution in [-0.4, -0.2) is 54.2 Å². The summed E-state index contributed by atoms with van der Waals surface area (Å²) in [5, 5.41) is 27.8. The van der Waals surface area contributed by atoms with Gasteiger partial charge in [-0.2, -0.15) is 0 Å². The molecule has 3 saturated carbocycles. The van der Waals surface area contributed by atoms with Crippen LogP contribution in [0.5, 0.6) is 5.75 Å². The number of ether oxygens (including phenoxy) is 2. The van der Waals surface area contributed by atoms with E-state index in [2.05, 4.69) is 17.6 Å². The number of hydrogen-bond acceptors (Lipinski definition) is 6. The number of carbonyl (C=O) groups is 2. The van der Waals surface area contributed by atoms with Crippen LogP contribution < -0.4 is 15.4 Å². The molecule has 0 aliphatic heterocycles. The van der Waals surface area contributed by atoms with Crippen LogP contribution >= 0.6 is 0 Å². The summed E-state index contributed by atoms with van der Waals surface area (Å²) in [6.45, 7) is 4.39. The SMILES string of the molecule is COc1ccccc1CNC(=O)C[C@@H]1[C@H](O)CC[C@H]2[C@](C)(CO)[C@H](OC(=O)NC3CCCCC3)CC[C@]21C. The number of aliphatic hydroxyl groups is 2. The minimum Gasteiger partial charge on any atom is -0.496 e. The van der Waals surface area contributed by atoms with Gasteiger partial charge in [0.1, 0.15) is 11.9 Å². The topological polar surface area (TPSA) is 117 Å². The van der Waals surface area contributed by atoms with E-state index in [1.165, 1.54) is 6.42 Å². The Morgan fingerprint density at radius 2 is 1.79 bits per heavy atom. The van der Waals surface area contributed by atoms with Crippen molar-refractivity contribution in [1.29, 1.82) is 0 Å². The van der Waals surface area contributed by atoms with E-state index in [9.17, 15) is 19.8 Å². The Bertz CT molecular complexity index is 966. The number of fused-ring (bicyclic) bond motifs is 1. The molecule has 0 radical (unpaired) electrons. The Morgan fingerprint density at radius 3 is 2.50 bits per heavy atom. The highest BCUT2D eigenvalue weighted by molar-refractivity contribution is 5.76. The van der Waals surface area contributed by atoms with Crippen molar-refractivity contribution in [3.63, 3.8) is 0 Å². The van der Waals surface area contributed by atoms with Crippen molar-refractivity contribution in [3.05, 3.63) is 29.8 Å². The molecule has 0 aromatic heterocycles. The fourth-order valence-corrected chi connectivity index (χ4v) is 7.67. The fraction of sp³-hybridized carbons (Fsp3) is 0.733. The van der Waals surface area contributed by atoms with Gasteiger partial charge in [-0.15, -0.1) is 0 Å². The number of para-hydroxylation sites is 1. The number of rotatable bonds is 8. The van der Waals surface area contributed by atoms with E-state index in [0.29, 0.717) is 19.4 Å². The summed E-state index contributed by atoms with van der Waals surface area (Å²) in [6.07, 6.45) is 6.82. The molecule has 38 heavy (non-hydrogen) atoms. The van der Waals surface area contributed by atoms with Crippen molar-refractivity contribution in [2.24, 2.45) is 22.7 Å². The van der Waals surface area contributed by atoms with Gasteiger partial charge in [-0.25, -0.2) is 4.79 Å². The van der Waals surface area contributed by atoms with E-state index in [0.717, 1.165) is 49.8 Å². The third kappa shape index (κ3) is 5.96. The Morgan fingerprint density at radius 1 is 1.05 bits per heavy atom. The number of hydrogen-bond donors (Lipinski definition) is 4. The minimum atomic E-state index is -0.650. The van der Waals surface area contributed by atoms with E-state index in [1.54, 1.807) is 7.11 Å². The van der Waals surface area contributed by atoms with Crippen LogP contribution in [-0.2, 0) is 16.1 Å². The molecule has 0 unspecified atom stereocenters. The first-order chi connectivity index (χ1) is 18.2. The van der Waals surface area contributed by atoms with Crippen LogP contribution in [0.15, 0.2) is 24.3 Å². The molecule has 2 amide bonds. The average molecular weight is 531 g/mol. The van der Waals surface area contributed by atoms with Gasteiger partial charge in [0.2, 0.25) is 5.91 Å². The number of alkyl carbamates (subject to hydrolysis) is 1. The maximum absolute atomic E-state index is 13.1. The lowest BCUT2D eigenvalue weighted by atomic mass is 9.46. The molecule has 6 atom stereocenters. The highest BCUT2D eigenvalue weighted by atomic mass is 16.6. The zero-order valence-electron chi connectivity index (χ0n) is 23.2. The third-order valence-corrected chi connectivity index (χ3v) is 9.93. The zero-order valence-corrected chi connectivity index (χ0v) is 23.2. The molecular formula is C30H46N2O6. The van der Waals surface area contributed by atoms with Crippen LogP contribution in [0.4, 0.5) is 4.79 Å². The van der Waals surface area contributed by atoms with E-state index < -0.39 is 23.7 Å². The Kier molecular flexibility index (Phi) is 9.24. The molecule has 1 aromatic carbocycles. The van der Waals surface area contributed by atoms with Gasteiger partial charge in [-0.3, -0.25) is 4.79 Å². The van der Waals surface area contributed by atoms with E-state index in [4.69, 9.17) is 9.47 Å². The summed E-state index contributed by atoms with van der Waals surface area (Å²) in [4.78, 5) is 25.9. The summed E-state index contributed by atoms with van der Waals surface area (Å²) in [5.41, 5.74) is -0.117. The summed E-state index contributed by atoms with van der Waals surface area (Å²) < 4.78 is 11.4. The first kappa shape index (κ1) is 28.7. The summed E-state index contributed by atoms with van der Waals surface area (Å²) >= 11 is 0. The number of amides is 2. The average Bonchev–Trinajstić information content (AvgIpc) is 2.92. The highest BCUT2D eigenvalue weighted by Gasteiger charge is 2.60. The van der Waals surface area contributed by atoms with Gasteiger partial charge in [0.25, 0.3) is 0 Å². The molecule has 0 spiro atoms. The van der Waals surface area contributed by atoms with Gasteiger partial charge in [-0.05, 0) is 61.8 Å². The summed E-state index contributed by atoms with van der Waals surface area (Å²) in [6, 6.07) is 7.75. The second-order valence-electron chi connectivity index (χ2n) is 12.2. The molecule has 212 valence electrons. The van der Waals surface area contributed by atoms with Crippen LogP contribution in [0.3, 0.4) is 0 Å². The Hall–Kier alpha value is -2.32. The normalized spacial score (nSPS) is 33.6. The van der Waals surface area contributed by atoms with Crippen molar-refractivity contribution in [2.45, 2.75) is 103 Å². The highest BCUT2D eigenvalue weighted by Crippen LogP contribution is 2.61. The van der Waals surface area contributed by atoms with E-state index in [1.807, 2.05) is 31.2 Å². The number of nitrogens with one attached hydrogen (secondary N) is 2. The first-order valence-corrected chi connectivity index (χ1v) is 14.4. The predicted octanol–water partition coefficient (Wildman–Crippen LogP) is 4.31. The van der Waals surface area contributed by atoms with Crippen molar-refractivity contribution >= 4 is 12.0 Å². The van der Waals surface area contributed by atoms with Gasteiger partial charge in [0, 0.05) is 30.0 Å². The largest absolute Gasteiger partial charge is 0.496 e. The van der Waals surface area contributed by atoms with Gasteiger partial charge in [0.15, 0.2) is 0 Å². The maximum Gasteiger partial charge on any atom is 0.407 e. The van der Waals surface area contributed by atoms with Gasteiger partial charge < -0.3 is 30.3 Å². The summed E-state index contributed by atoms with van der Waals surface area (Å²) in [7, 11) is 1.61. The molecule has 0 heterocycles. The third-order valence-electron chi connectivity index (χ3n) is 9.93. The standard InChI is InChI=1S/C30H46N2O6/c1-29-16-15-26(38-28(36)32-21-10-5-4-6-11-21)30(2,19-33)25(29)14-13-23(34)22(29)17-27(35)31-18-20-9-7-8-12-24(20)37-3/h7-9,12,21-23,25-26,33-34H,4-6,10-11,13-19H2,1-3H3,(H,31,35)(H,32,36)/t22-,23-,25-,26-,29+,30+/m1/s1. The van der Waals surface area contributed by atoms with Crippen molar-refractivity contribution < 1.29 is 29.3 Å². The van der Waals surface area contributed by atoms with Crippen LogP contribution in [0.1, 0.15) is 83.6 Å². The maximum atomic E-state index is 13.1. The van der Waals surface area contributed by atoms with Crippen molar-refractivity contribution in [1.82, 2.24) is 10.6 Å². The van der Waals surface area contributed by atoms with E-state index >= 15 is 0 Å². The monoisotopic (exact) mass is 530 g/mol. The smallest absolute Gasteiger partial charge is 0.407 e. The fourth-order valence-electron chi connectivity index (χ4n) is 7.67. The van der Waals surface area contributed by atoms with Crippen LogP contribution in [0.2, 0.25) is 0 Å². The van der Waals surface area contributed by atoms with E-state index in [-0.39, 0.29) is 42.2 Å². The number of aliphatic hydroxyl groups excluding tert-OH is 2. The molecular weight excluding hydrogens is 484 g/mol. The van der Waals surface area contributed by atoms with Gasteiger partial charge in [0.05, 0.1) is 19.8 Å². The lowest BCUT2D eigenvalue weighted by Crippen LogP contribution is -2.61. The molecule has 8 nitrogen and oxygen atoms in total. The Labute approximate surface area is 226 Å². The number of benzene rings is 1. The molecule has 3 aliphatic rings. The zero-order chi connectivity index (χ0) is 27.3. The molecule has 0 bridgehead atoms. The predicted molar refractivity (Wildman–Crippen MR) is 144 cm³/mol. The molecule has 1 aromatic rings.